The van der Waals surface area contributed by atoms with Crippen LogP contribution >= 0.6 is 0 Å². The number of H-pyrrole nitrogens is 1. The summed E-state index contributed by atoms with van der Waals surface area (Å²) in [5, 5.41) is 13.9. The van der Waals surface area contributed by atoms with Gasteiger partial charge in [-0.1, -0.05) is 0 Å². The Morgan fingerprint density at radius 2 is 2.32 bits per heavy atom. The standard InChI is InChI=1S/C20H26N4O/c1-25-15-5-6-18-17(13-15)16-7-10-22-20(19(16)23-18)8-4-12-24(14-20)11-3-2-9-21/h5-6,13,22-23H,2-4,7-8,10-12,14H2,1H3. The SMILES string of the molecule is COc1ccc2[nH]c3c(c2c1)CCNC31CCCN(CCCC#N)C1. The molecular weight excluding hydrogens is 312 g/mol. The van der Waals surface area contributed by atoms with Crippen LogP contribution in [0.4, 0.5) is 0 Å². The van der Waals surface area contributed by atoms with Crippen molar-refractivity contribution in [1.29, 1.82) is 5.26 Å². The van der Waals surface area contributed by atoms with Gasteiger partial charge in [0.1, 0.15) is 5.75 Å². The first-order chi connectivity index (χ1) is 12.3. The summed E-state index contributed by atoms with van der Waals surface area (Å²) in [5.74, 6) is 0.920. The quantitative estimate of drug-likeness (QED) is 0.842. The molecule has 3 heterocycles. The van der Waals surface area contributed by atoms with Crippen molar-refractivity contribution in [2.45, 2.75) is 37.6 Å². The van der Waals surface area contributed by atoms with Crippen LogP contribution in [-0.2, 0) is 12.0 Å². The summed E-state index contributed by atoms with van der Waals surface area (Å²) in [6.07, 6.45) is 5.02. The van der Waals surface area contributed by atoms with Gasteiger partial charge in [0.25, 0.3) is 0 Å². The molecule has 1 saturated heterocycles. The Morgan fingerprint density at radius 3 is 3.16 bits per heavy atom. The molecule has 1 fully saturated rings. The molecule has 1 unspecified atom stereocenters. The molecule has 132 valence electrons. The van der Waals surface area contributed by atoms with E-state index in [1.807, 2.05) is 6.07 Å². The maximum Gasteiger partial charge on any atom is 0.119 e. The Hall–Kier alpha value is -2.03. The third-order valence-electron chi connectivity index (χ3n) is 5.76. The lowest BCUT2D eigenvalue weighted by Gasteiger charge is -2.45. The molecule has 1 atom stereocenters. The van der Waals surface area contributed by atoms with E-state index in [2.05, 4.69) is 33.4 Å². The molecule has 2 aliphatic heterocycles. The number of aromatic nitrogens is 1. The van der Waals surface area contributed by atoms with Gasteiger partial charge in [-0.25, -0.2) is 0 Å². The zero-order valence-electron chi connectivity index (χ0n) is 14.9. The number of benzene rings is 1. The molecule has 0 radical (unpaired) electrons. The van der Waals surface area contributed by atoms with Gasteiger partial charge in [-0.3, -0.25) is 0 Å². The number of piperidine rings is 1. The fraction of sp³-hybridized carbons (Fsp3) is 0.550. The highest BCUT2D eigenvalue weighted by Gasteiger charge is 2.41. The molecule has 0 amide bonds. The first-order valence-electron chi connectivity index (χ1n) is 9.29. The minimum atomic E-state index is 0.0186. The monoisotopic (exact) mass is 338 g/mol. The van der Waals surface area contributed by atoms with Crippen LogP contribution in [0.5, 0.6) is 5.75 Å². The number of rotatable bonds is 4. The molecule has 1 spiro atoms. The van der Waals surface area contributed by atoms with E-state index in [1.54, 1.807) is 7.11 Å². The first-order valence-corrected chi connectivity index (χ1v) is 9.29. The average Bonchev–Trinajstić information content (AvgIpc) is 3.02. The Balaban J connectivity index is 1.67. The van der Waals surface area contributed by atoms with Crippen LogP contribution in [0.15, 0.2) is 18.2 Å². The van der Waals surface area contributed by atoms with Crippen LogP contribution in [-0.4, -0.2) is 43.2 Å². The van der Waals surface area contributed by atoms with Gasteiger partial charge in [-0.05, 0) is 62.5 Å². The lowest BCUT2D eigenvalue weighted by atomic mass is 9.80. The zero-order valence-corrected chi connectivity index (χ0v) is 14.9. The summed E-state index contributed by atoms with van der Waals surface area (Å²) in [4.78, 5) is 6.24. The van der Waals surface area contributed by atoms with Crippen LogP contribution in [0, 0.1) is 11.3 Å². The number of hydrogen-bond donors (Lipinski definition) is 2. The highest BCUT2D eigenvalue weighted by atomic mass is 16.5. The van der Waals surface area contributed by atoms with Crippen molar-refractivity contribution in [3.8, 4) is 11.8 Å². The Bertz CT molecular complexity index is 806. The summed E-state index contributed by atoms with van der Waals surface area (Å²) in [5.41, 5.74) is 4.04. The van der Waals surface area contributed by atoms with E-state index in [9.17, 15) is 0 Å². The number of ether oxygens (including phenoxy) is 1. The molecule has 5 nitrogen and oxygen atoms in total. The second-order valence-electron chi connectivity index (χ2n) is 7.29. The Morgan fingerprint density at radius 1 is 1.40 bits per heavy atom. The molecule has 2 N–H and O–H groups in total. The van der Waals surface area contributed by atoms with Crippen molar-refractivity contribution >= 4 is 10.9 Å². The summed E-state index contributed by atoms with van der Waals surface area (Å²) in [6.45, 7) is 4.19. The Labute approximate surface area is 149 Å². The Kier molecular flexibility index (Phi) is 4.41. The fourth-order valence-corrected chi connectivity index (χ4v) is 4.60. The summed E-state index contributed by atoms with van der Waals surface area (Å²) < 4.78 is 5.43. The van der Waals surface area contributed by atoms with E-state index in [0.717, 1.165) is 44.8 Å². The number of nitriles is 1. The van der Waals surface area contributed by atoms with Gasteiger partial charge >= 0.3 is 0 Å². The second kappa shape index (κ2) is 6.70. The van der Waals surface area contributed by atoms with E-state index >= 15 is 0 Å². The summed E-state index contributed by atoms with van der Waals surface area (Å²) >= 11 is 0. The van der Waals surface area contributed by atoms with Gasteiger partial charge in [-0.2, -0.15) is 5.26 Å². The van der Waals surface area contributed by atoms with E-state index < -0.39 is 0 Å². The molecule has 0 saturated carbocycles. The largest absolute Gasteiger partial charge is 0.497 e. The highest BCUT2D eigenvalue weighted by molar-refractivity contribution is 5.86. The summed E-state index contributed by atoms with van der Waals surface area (Å²) in [6, 6.07) is 8.59. The van der Waals surface area contributed by atoms with Crippen LogP contribution in [0.3, 0.4) is 0 Å². The zero-order chi connectivity index (χ0) is 17.3. The van der Waals surface area contributed by atoms with Crippen molar-refractivity contribution < 1.29 is 4.74 Å². The van der Waals surface area contributed by atoms with Crippen LogP contribution in [0.1, 0.15) is 36.9 Å². The summed E-state index contributed by atoms with van der Waals surface area (Å²) in [7, 11) is 1.73. The van der Waals surface area contributed by atoms with Crippen LogP contribution < -0.4 is 10.1 Å². The molecule has 2 aliphatic rings. The number of unbranched alkanes of at least 4 members (excludes halogenated alkanes) is 1. The number of hydrogen-bond acceptors (Lipinski definition) is 4. The number of likely N-dealkylation sites (tertiary alicyclic amines) is 1. The van der Waals surface area contributed by atoms with Crippen molar-refractivity contribution in [3.05, 3.63) is 29.5 Å². The average molecular weight is 338 g/mol. The number of nitrogens with zero attached hydrogens (tertiary/aromatic N) is 2. The molecule has 1 aromatic heterocycles. The number of fused-ring (bicyclic) bond motifs is 4. The molecule has 0 bridgehead atoms. The molecule has 0 aliphatic carbocycles. The van der Waals surface area contributed by atoms with Gasteiger partial charge in [-0.15, -0.1) is 0 Å². The smallest absolute Gasteiger partial charge is 0.119 e. The van der Waals surface area contributed by atoms with Gasteiger partial charge in [0.2, 0.25) is 0 Å². The lowest BCUT2D eigenvalue weighted by molar-refractivity contribution is 0.112. The molecule has 5 heteroatoms. The van der Waals surface area contributed by atoms with Gasteiger partial charge in [0.05, 0.1) is 18.7 Å². The van der Waals surface area contributed by atoms with E-state index in [4.69, 9.17) is 10.00 Å². The van der Waals surface area contributed by atoms with E-state index in [1.165, 1.54) is 35.0 Å². The van der Waals surface area contributed by atoms with E-state index in [-0.39, 0.29) is 5.54 Å². The minimum Gasteiger partial charge on any atom is -0.497 e. The minimum absolute atomic E-state index is 0.0186. The van der Waals surface area contributed by atoms with Crippen molar-refractivity contribution in [1.82, 2.24) is 15.2 Å². The highest BCUT2D eigenvalue weighted by Crippen LogP contribution is 2.39. The molecule has 2 aromatic rings. The van der Waals surface area contributed by atoms with Crippen molar-refractivity contribution in [2.24, 2.45) is 0 Å². The molecule has 25 heavy (non-hydrogen) atoms. The van der Waals surface area contributed by atoms with Crippen LogP contribution in [0.2, 0.25) is 0 Å². The third kappa shape index (κ3) is 2.90. The molecule has 4 rings (SSSR count). The van der Waals surface area contributed by atoms with E-state index in [0.29, 0.717) is 6.42 Å². The van der Waals surface area contributed by atoms with Gasteiger partial charge in [0, 0.05) is 36.1 Å². The van der Waals surface area contributed by atoms with Gasteiger partial charge < -0.3 is 19.9 Å². The predicted octanol–water partition coefficient (Wildman–Crippen LogP) is 2.92. The van der Waals surface area contributed by atoms with Crippen LogP contribution in [0.25, 0.3) is 10.9 Å². The predicted molar refractivity (Wildman–Crippen MR) is 98.8 cm³/mol. The molecule has 1 aromatic carbocycles. The maximum absolute atomic E-state index is 8.80. The normalized spacial score (nSPS) is 23.5. The number of aromatic amines is 1. The fourth-order valence-electron chi connectivity index (χ4n) is 4.60. The second-order valence-corrected chi connectivity index (χ2v) is 7.29. The topological polar surface area (TPSA) is 64.1 Å². The number of nitrogens with one attached hydrogen (secondary N) is 2. The number of methoxy groups -OCH3 is 1. The third-order valence-corrected chi connectivity index (χ3v) is 5.76. The maximum atomic E-state index is 8.80. The van der Waals surface area contributed by atoms with Gasteiger partial charge in [0.15, 0.2) is 0 Å². The van der Waals surface area contributed by atoms with Crippen molar-refractivity contribution in [3.63, 3.8) is 0 Å². The van der Waals surface area contributed by atoms with Crippen molar-refractivity contribution in [2.75, 3.05) is 33.3 Å². The first kappa shape index (κ1) is 16.4. The molecular formula is C20H26N4O. The lowest BCUT2D eigenvalue weighted by Crippen LogP contribution is -2.57.